The number of carboxylic acids is 1. The highest BCUT2D eigenvalue weighted by Crippen LogP contribution is 2.13. The second kappa shape index (κ2) is 5.03. The number of carbonyl (C=O) groups excluding carboxylic acids is 1. The molecule has 0 saturated carbocycles. The fraction of sp³-hybridized carbons (Fsp3) is 0.500. The molecule has 1 aromatic heterocycles. The lowest BCUT2D eigenvalue weighted by molar-refractivity contribution is -0.141. The summed E-state index contributed by atoms with van der Waals surface area (Å²) in [5, 5.41) is 8.88. The van der Waals surface area contributed by atoms with Crippen molar-refractivity contribution in [2.75, 3.05) is 7.05 Å². The summed E-state index contributed by atoms with van der Waals surface area (Å²) in [6.45, 7) is 5.43. The Morgan fingerprint density at radius 1 is 1.35 bits per heavy atom. The van der Waals surface area contributed by atoms with E-state index < -0.39 is 12.0 Å². The second-order valence-electron chi connectivity index (χ2n) is 4.32. The zero-order valence-corrected chi connectivity index (χ0v) is 10.5. The number of carbonyl (C=O) groups is 2. The van der Waals surface area contributed by atoms with Gasteiger partial charge in [-0.2, -0.15) is 0 Å². The number of aliphatic carboxylic acids is 1. The summed E-state index contributed by atoms with van der Waals surface area (Å²) >= 11 is 0. The largest absolute Gasteiger partial charge is 0.480 e. The molecule has 0 aromatic carbocycles. The van der Waals surface area contributed by atoms with Gasteiger partial charge in [0.25, 0.3) is 5.91 Å². The molecule has 0 aliphatic heterocycles. The Balaban J connectivity index is 2.96. The van der Waals surface area contributed by atoms with Gasteiger partial charge in [0, 0.05) is 19.3 Å². The smallest absolute Gasteiger partial charge is 0.326 e. The fourth-order valence-corrected chi connectivity index (χ4v) is 1.55. The average molecular weight is 238 g/mol. The van der Waals surface area contributed by atoms with Crippen molar-refractivity contribution >= 4 is 11.9 Å². The lowest BCUT2D eigenvalue weighted by Gasteiger charge is -2.23. The molecule has 0 aliphatic rings. The minimum absolute atomic E-state index is 0.164. The van der Waals surface area contributed by atoms with E-state index in [-0.39, 0.29) is 11.9 Å². The zero-order chi connectivity index (χ0) is 13.2. The normalized spacial score (nSPS) is 12.5. The minimum atomic E-state index is -1.01. The van der Waals surface area contributed by atoms with Gasteiger partial charge in [-0.25, -0.2) is 4.79 Å². The first-order chi connectivity index (χ1) is 7.86. The molecule has 0 spiro atoms. The molecule has 5 nitrogen and oxygen atoms in total. The summed E-state index contributed by atoms with van der Waals surface area (Å²) in [4.78, 5) is 24.2. The summed E-state index contributed by atoms with van der Waals surface area (Å²) in [5.74, 6) is -1.29. The predicted molar refractivity (Wildman–Crippen MR) is 64.0 cm³/mol. The molecule has 1 heterocycles. The Morgan fingerprint density at radius 3 is 2.41 bits per heavy atom. The molecular formula is C12H18N2O3. The second-order valence-corrected chi connectivity index (χ2v) is 4.32. The highest BCUT2D eigenvalue weighted by Gasteiger charge is 2.24. The van der Waals surface area contributed by atoms with Crippen molar-refractivity contribution in [1.29, 1.82) is 0 Å². The van der Waals surface area contributed by atoms with Crippen LogP contribution in [0.15, 0.2) is 18.3 Å². The van der Waals surface area contributed by atoms with Crippen LogP contribution in [-0.4, -0.2) is 39.5 Å². The summed E-state index contributed by atoms with van der Waals surface area (Å²) < 4.78 is 1.83. The molecule has 0 radical (unpaired) electrons. The van der Waals surface area contributed by atoms with Crippen LogP contribution in [0.2, 0.25) is 0 Å². The first-order valence-electron chi connectivity index (χ1n) is 5.53. The van der Waals surface area contributed by atoms with Crippen LogP contribution in [-0.2, 0) is 4.79 Å². The van der Waals surface area contributed by atoms with Crippen molar-refractivity contribution in [2.24, 2.45) is 0 Å². The van der Waals surface area contributed by atoms with E-state index >= 15 is 0 Å². The summed E-state index contributed by atoms with van der Waals surface area (Å²) in [5.41, 5.74) is 0.510. The number of hydrogen-bond donors (Lipinski definition) is 1. The molecule has 1 atom stereocenters. The standard InChI is InChI=1S/C12H18N2O3/c1-8(2)14-7-5-6-10(14)11(15)13(4)9(3)12(16)17/h5-9H,1-4H3,(H,16,17). The minimum Gasteiger partial charge on any atom is -0.480 e. The Labute approximate surface area is 101 Å². The van der Waals surface area contributed by atoms with Crippen LogP contribution in [0, 0.1) is 0 Å². The third-order valence-electron chi connectivity index (χ3n) is 2.81. The van der Waals surface area contributed by atoms with Gasteiger partial charge in [0.15, 0.2) is 0 Å². The Morgan fingerprint density at radius 2 is 1.94 bits per heavy atom. The maximum Gasteiger partial charge on any atom is 0.326 e. The van der Waals surface area contributed by atoms with E-state index in [9.17, 15) is 9.59 Å². The lowest BCUT2D eigenvalue weighted by Crippen LogP contribution is -2.41. The first kappa shape index (κ1) is 13.3. The molecule has 5 heteroatoms. The van der Waals surface area contributed by atoms with Gasteiger partial charge in [-0.3, -0.25) is 4.79 Å². The Hall–Kier alpha value is -1.78. The van der Waals surface area contributed by atoms with Crippen LogP contribution in [0.3, 0.4) is 0 Å². The molecule has 0 fully saturated rings. The van der Waals surface area contributed by atoms with Crippen LogP contribution >= 0.6 is 0 Å². The van der Waals surface area contributed by atoms with Crippen molar-refractivity contribution in [3.8, 4) is 0 Å². The highest BCUT2D eigenvalue weighted by molar-refractivity contribution is 5.95. The summed E-state index contributed by atoms with van der Waals surface area (Å²) in [6.07, 6.45) is 1.82. The zero-order valence-electron chi connectivity index (χ0n) is 10.5. The van der Waals surface area contributed by atoms with E-state index in [1.54, 1.807) is 12.1 Å². The van der Waals surface area contributed by atoms with Crippen LogP contribution in [0.4, 0.5) is 0 Å². The van der Waals surface area contributed by atoms with Gasteiger partial charge >= 0.3 is 5.97 Å². The third-order valence-corrected chi connectivity index (χ3v) is 2.81. The fourth-order valence-electron chi connectivity index (χ4n) is 1.55. The number of likely N-dealkylation sites (N-methyl/N-ethyl adjacent to an activating group) is 1. The van der Waals surface area contributed by atoms with E-state index in [0.29, 0.717) is 5.69 Å². The molecule has 0 aliphatic carbocycles. The lowest BCUT2D eigenvalue weighted by atomic mass is 10.2. The monoisotopic (exact) mass is 238 g/mol. The number of aromatic nitrogens is 1. The van der Waals surface area contributed by atoms with Crippen LogP contribution < -0.4 is 0 Å². The average Bonchev–Trinajstić information content (AvgIpc) is 2.74. The van der Waals surface area contributed by atoms with Crippen molar-refractivity contribution in [1.82, 2.24) is 9.47 Å². The van der Waals surface area contributed by atoms with E-state index in [4.69, 9.17) is 5.11 Å². The van der Waals surface area contributed by atoms with E-state index in [1.807, 2.05) is 24.6 Å². The summed E-state index contributed by atoms with van der Waals surface area (Å²) in [6, 6.07) is 2.82. The topological polar surface area (TPSA) is 62.5 Å². The van der Waals surface area contributed by atoms with Crippen molar-refractivity contribution in [3.05, 3.63) is 24.0 Å². The van der Waals surface area contributed by atoms with E-state index in [2.05, 4.69) is 0 Å². The van der Waals surface area contributed by atoms with E-state index in [1.165, 1.54) is 18.9 Å². The molecule has 17 heavy (non-hydrogen) atoms. The molecule has 0 saturated heterocycles. The van der Waals surface area contributed by atoms with Crippen molar-refractivity contribution in [2.45, 2.75) is 32.9 Å². The SMILES string of the molecule is CC(C(=O)O)N(C)C(=O)c1cccn1C(C)C. The van der Waals surface area contributed by atoms with Gasteiger partial charge in [-0.05, 0) is 32.9 Å². The third kappa shape index (κ3) is 2.67. The van der Waals surface area contributed by atoms with Gasteiger partial charge in [-0.15, -0.1) is 0 Å². The van der Waals surface area contributed by atoms with Gasteiger partial charge in [0.05, 0.1) is 0 Å². The maximum absolute atomic E-state index is 12.1. The highest BCUT2D eigenvalue weighted by atomic mass is 16.4. The van der Waals surface area contributed by atoms with Crippen LogP contribution in [0.5, 0.6) is 0 Å². The molecule has 1 aromatic rings. The number of nitrogens with zero attached hydrogens (tertiary/aromatic N) is 2. The molecule has 94 valence electrons. The number of amides is 1. The van der Waals surface area contributed by atoms with Crippen molar-refractivity contribution < 1.29 is 14.7 Å². The van der Waals surface area contributed by atoms with Gasteiger partial charge in [0.2, 0.25) is 0 Å². The molecule has 1 N–H and O–H groups in total. The number of carboxylic acid groups (broad SMARTS) is 1. The maximum atomic E-state index is 12.1. The Kier molecular flexibility index (Phi) is 3.93. The molecule has 0 bridgehead atoms. The molecular weight excluding hydrogens is 220 g/mol. The first-order valence-corrected chi connectivity index (χ1v) is 5.53. The molecule has 1 unspecified atom stereocenters. The predicted octanol–water partition coefficient (Wildman–Crippen LogP) is 1.61. The van der Waals surface area contributed by atoms with Gasteiger partial charge in [0.1, 0.15) is 11.7 Å². The van der Waals surface area contributed by atoms with Crippen molar-refractivity contribution in [3.63, 3.8) is 0 Å². The van der Waals surface area contributed by atoms with Crippen LogP contribution in [0.1, 0.15) is 37.3 Å². The molecule has 1 amide bonds. The van der Waals surface area contributed by atoms with Gasteiger partial charge in [-0.1, -0.05) is 0 Å². The van der Waals surface area contributed by atoms with Crippen LogP contribution in [0.25, 0.3) is 0 Å². The summed E-state index contributed by atoms with van der Waals surface area (Å²) in [7, 11) is 1.50. The van der Waals surface area contributed by atoms with Gasteiger partial charge < -0.3 is 14.6 Å². The molecule has 1 rings (SSSR count). The quantitative estimate of drug-likeness (QED) is 0.866. The Bertz CT molecular complexity index is 423. The number of hydrogen-bond acceptors (Lipinski definition) is 2. The number of rotatable bonds is 4. The van der Waals surface area contributed by atoms with E-state index in [0.717, 1.165) is 0 Å².